The van der Waals surface area contributed by atoms with E-state index in [2.05, 4.69) is 5.32 Å². The summed E-state index contributed by atoms with van der Waals surface area (Å²) in [6.07, 6.45) is 0. The highest BCUT2D eigenvalue weighted by Crippen LogP contribution is 2.25. The van der Waals surface area contributed by atoms with Gasteiger partial charge in [0.25, 0.3) is 5.91 Å². The van der Waals surface area contributed by atoms with E-state index in [1.54, 1.807) is 13.0 Å². The number of rotatable bonds is 2. The summed E-state index contributed by atoms with van der Waals surface area (Å²) in [5.74, 6) is -1.63. The smallest absolute Gasteiger partial charge is 0.255 e. The van der Waals surface area contributed by atoms with Crippen LogP contribution in [-0.2, 0) is 0 Å². The molecule has 5 heteroatoms. The van der Waals surface area contributed by atoms with Gasteiger partial charge >= 0.3 is 0 Å². The van der Waals surface area contributed by atoms with Crippen molar-refractivity contribution < 1.29 is 19.4 Å². The first-order valence-corrected chi connectivity index (χ1v) is 5.56. The standard InChI is InChI=1S/C14H12FNO3/c1-8-4-10(15)7-11(5-8)16-14(19)9-2-3-12(17)13(18)6-9/h2-7,17-18H,1H3,(H,16,19). The van der Waals surface area contributed by atoms with Crippen molar-refractivity contribution >= 4 is 11.6 Å². The summed E-state index contributed by atoms with van der Waals surface area (Å²) in [5.41, 5.74) is 1.18. The Morgan fingerprint density at radius 1 is 1.11 bits per heavy atom. The van der Waals surface area contributed by atoms with Crippen molar-refractivity contribution in [2.24, 2.45) is 0 Å². The molecule has 0 heterocycles. The van der Waals surface area contributed by atoms with Gasteiger partial charge in [0, 0.05) is 11.3 Å². The summed E-state index contributed by atoms with van der Waals surface area (Å²) < 4.78 is 13.2. The van der Waals surface area contributed by atoms with Crippen molar-refractivity contribution in [2.45, 2.75) is 6.92 Å². The van der Waals surface area contributed by atoms with Gasteiger partial charge in [0.1, 0.15) is 5.82 Å². The summed E-state index contributed by atoms with van der Waals surface area (Å²) in [6.45, 7) is 1.71. The van der Waals surface area contributed by atoms with E-state index in [4.69, 9.17) is 5.11 Å². The fourth-order valence-electron chi connectivity index (χ4n) is 1.68. The summed E-state index contributed by atoms with van der Waals surface area (Å²) >= 11 is 0. The average molecular weight is 261 g/mol. The Morgan fingerprint density at radius 3 is 2.47 bits per heavy atom. The number of carbonyl (C=O) groups excluding carboxylic acids is 1. The SMILES string of the molecule is Cc1cc(F)cc(NC(=O)c2ccc(O)c(O)c2)c1. The molecule has 0 aliphatic heterocycles. The predicted octanol–water partition coefficient (Wildman–Crippen LogP) is 2.80. The summed E-state index contributed by atoms with van der Waals surface area (Å²) in [6, 6.07) is 7.88. The van der Waals surface area contributed by atoms with E-state index in [-0.39, 0.29) is 17.1 Å². The number of halogens is 1. The first-order valence-electron chi connectivity index (χ1n) is 5.56. The van der Waals surface area contributed by atoms with Crippen LogP contribution in [0.1, 0.15) is 15.9 Å². The van der Waals surface area contributed by atoms with Crippen LogP contribution in [0.2, 0.25) is 0 Å². The molecule has 0 aromatic heterocycles. The van der Waals surface area contributed by atoms with Crippen LogP contribution in [0.3, 0.4) is 0 Å². The molecule has 2 aromatic rings. The highest BCUT2D eigenvalue weighted by molar-refractivity contribution is 6.04. The first kappa shape index (κ1) is 12.9. The number of carbonyl (C=O) groups is 1. The number of benzene rings is 2. The molecule has 0 saturated carbocycles. The molecule has 0 atom stereocenters. The third-order valence-electron chi connectivity index (χ3n) is 2.54. The monoisotopic (exact) mass is 261 g/mol. The van der Waals surface area contributed by atoms with Crippen molar-refractivity contribution in [1.29, 1.82) is 0 Å². The lowest BCUT2D eigenvalue weighted by Gasteiger charge is -2.07. The maximum Gasteiger partial charge on any atom is 0.255 e. The van der Waals surface area contributed by atoms with Crippen molar-refractivity contribution in [3.05, 3.63) is 53.3 Å². The zero-order valence-electron chi connectivity index (χ0n) is 10.1. The number of aryl methyl sites for hydroxylation is 1. The number of hydrogen-bond donors (Lipinski definition) is 3. The Balaban J connectivity index is 2.22. The van der Waals surface area contributed by atoms with E-state index in [9.17, 15) is 14.3 Å². The summed E-state index contributed by atoms with van der Waals surface area (Å²) in [7, 11) is 0. The molecular formula is C14H12FNO3. The minimum Gasteiger partial charge on any atom is -0.504 e. The minimum absolute atomic E-state index is 0.164. The lowest BCUT2D eigenvalue weighted by Crippen LogP contribution is -2.12. The van der Waals surface area contributed by atoms with E-state index in [1.807, 2.05) is 0 Å². The topological polar surface area (TPSA) is 69.6 Å². The molecule has 3 N–H and O–H groups in total. The number of aromatic hydroxyl groups is 2. The van der Waals surface area contributed by atoms with Gasteiger partial charge in [-0.25, -0.2) is 4.39 Å². The third-order valence-corrected chi connectivity index (χ3v) is 2.54. The Bertz CT molecular complexity index is 620. The molecule has 0 unspecified atom stereocenters. The van der Waals surface area contributed by atoms with Crippen molar-refractivity contribution in [3.8, 4) is 11.5 Å². The molecule has 0 aliphatic carbocycles. The zero-order chi connectivity index (χ0) is 14.0. The van der Waals surface area contributed by atoms with Crippen molar-refractivity contribution in [2.75, 3.05) is 5.32 Å². The molecule has 19 heavy (non-hydrogen) atoms. The van der Waals surface area contributed by atoms with E-state index in [0.717, 1.165) is 6.07 Å². The van der Waals surface area contributed by atoms with Crippen LogP contribution < -0.4 is 5.32 Å². The quantitative estimate of drug-likeness (QED) is 0.728. The van der Waals surface area contributed by atoms with Crippen molar-refractivity contribution in [1.82, 2.24) is 0 Å². The molecule has 0 radical (unpaired) electrons. The van der Waals surface area contributed by atoms with Crippen LogP contribution >= 0.6 is 0 Å². The molecular weight excluding hydrogens is 249 g/mol. The minimum atomic E-state index is -0.500. The van der Waals surface area contributed by atoms with Gasteiger partial charge in [0.15, 0.2) is 11.5 Å². The van der Waals surface area contributed by atoms with Crippen LogP contribution in [-0.4, -0.2) is 16.1 Å². The second kappa shape index (κ2) is 4.97. The van der Waals surface area contributed by atoms with Gasteiger partial charge in [-0.3, -0.25) is 4.79 Å². The zero-order valence-corrected chi connectivity index (χ0v) is 10.1. The number of amides is 1. The van der Waals surface area contributed by atoms with Crippen LogP contribution in [0.5, 0.6) is 11.5 Å². The third kappa shape index (κ3) is 3.01. The molecule has 4 nitrogen and oxygen atoms in total. The highest BCUT2D eigenvalue weighted by atomic mass is 19.1. The lowest BCUT2D eigenvalue weighted by atomic mass is 10.1. The van der Waals surface area contributed by atoms with Gasteiger partial charge in [0.05, 0.1) is 0 Å². The van der Waals surface area contributed by atoms with Gasteiger partial charge < -0.3 is 15.5 Å². The van der Waals surface area contributed by atoms with E-state index < -0.39 is 11.7 Å². The molecule has 1 amide bonds. The maximum atomic E-state index is 13.2. The lowest BCUT2D eigenvalue weighted by molar-refractivity contribution is 0.102. The molecule has 0 aliphatic rings. The molecule has 0 fully saturated rings. The number of anilines is 1. The largest absolute Gasteiger partial charge is 0.504 e. The highest BCUT2D eigenvalue weighted by Gasteiger charge is 2.09. The Kier molecular flexibility index (Phi) is 3.37. The van der Waals surface area contributed by atoms with Crippen LogP contribution in [0.15, 0.2) is 36.4 Å². The van der Waals surface area contributed by atoms with Crippen LogP contribution in [0.4, 0.5) is 10.1 Å². The van der Waals surface area contributed by atoms with E-state index in [0.29, 0.717) is 11.3 Å². The molecule has 0 saturated heterocycles. The molecule has 2 aromatic carbocycles. The Hall–Kier alpha value is -2.56. The van der Waals surface area contributed by atoms with Gasteiger partial charge in [-0.05, 0) is 48.9 Å². The Morgan fingerprint density at radius 2 is 1.84 bits per heavy atom. The maximum absolute atomic E-state index is 13.2. The Labute approximate surface area is 109 Å². The van der Waals surface area contributed by atoms with Crippen LogP contribution in [0.25, 0.3) is 0 Å². The normalized spacial score (nSPS) is 10.2. The van der Waals surface area contributed by atoms with E-state index in [1.165, 1.54) is 24.3 Å². The second-order valence-electron chi connectivity index (χ2n) is 4.17. The molecule has 0 spiro atoms. The fraction of sp³-hybridized carbons (Fsp3) is 0.0714. The number of phenolic OH excluding ortho intramolecular Hbond substituents is 2. The number of nitrogens with one attached hydrogen (secondary N) is 1. The molecule has 0 bridgehead atoms. The van der Waals surface area contributed by atoms with Gasteiger partial charge in [-0.15, -0.1) is 0 Å². The number of phenols is 2. The van der Waals surface area contributed by atoms with E-state index >= 15 is 0 Å². The molecule has 98 valence electrons. The fourth-order valence-corrected chi connectivity index (χ4v) is 1.68. The van der Waals surface area contributed by atoms with Gasteiger partial charge in [-0.1, -0.05) is 0 Å². The van der Waals surface area contributed by atoms with Crippen LogP contribution in [0, 0.1) is 12.7 Å². The summed E-state index contributed by atoms with van der Waals surface area (Å²) in [5, 5.41) is 21.0. The second-order valence-corrected chi connectivity index (χ2v) is 4.17. The molecule has 2 rings (SSSR count). The van der Waals surface area contributed by atoms with Gasteiger partial charge in [-0.2, -0.15) is 0 Å². The van der Waals surface area contributed by atoms with Crippen molar-refractivity contribution in [3.63, 3.8) is 0 Å². The van der Waals surface area contributed by atoms with Gasteiger partial charge in [0.2, 0.25) is 0 Å². The predicted molar refractivity (Wildman–Crippen MR) is 68.9 cm³/mol. The summed E-state index contributed by atoms with van der Waals surface area (Å²) in [4.78, 5) is 11.9. The number of hydrogen-bond acceptors (Lipinski definition) is 3. The first-order chi connectivity index (χ1) is 8.95. The average Bonchev–Trinajstić information content (AvgIpc) is 2.31.